The predicted octanol–water partition coefficient (Wildman–Crippen LogP) is 2.34. The van der Waals surface area contributed by atoms with Gasteiger partial charge in [-0.05, 0) is 31.9 Å². The van der Waals surface area contributed by atoms with Crippen LogP contribution in [0.2, 0.25) is 0 Å². The summed E-state index contributed by atoms with van der Waals surface area (Å²) in [5.41, 5.74) is 3.55. The van der Waals surface area contributed by atoms with Crippen LogP contribution in [0.5, 0.6) is 0 Å². The average Bonchev–Trinajstić information content (AvgIpc) is 3.22. The summed E-state index contributed by atoms with van der Waals surface area (Å²) < 4.78 is 10.8. The number of thioether (sulfide) groups is 1. The summed E-state index contributed by atoms with van der Waals surface area (Å²) in [4.78, 5) is 48.5. The number of benzene rings is 1. The van der Waals surface area contributed by atoms with Crippen molar-refractivity contribution in [3.8, 4) is 0 Å². The summed E-state index contributed by atoms with van der Waals surface area (Å²) in [6.45, 7) is 5.61. The van der Waals surface area contributed by atoms with Crippen molar-refractivity contribution in [3.05, 3.63) is 35.1 Å². The predicted molar refractivity (Wildman–Crippen MR) is 108 cm³/mol. The van der Waals surface area contributed by atoms with Crippen molar-refractivity contribution in [1.82, 2.24) is 10.2 Å². The van der Waals surface area contributed by atoms with E-state index in [1.807, 2.05) is 26.0 Å². The second-order valence-corrected chi connectivity index (χ2v) is 7.77. The van der Waals surface area contributed by atoms with E-state index >= 15 is 0 Å². The van der Waals surface area contributed by atoms with E-state index in [1.165, 1.54) is 13.2 Å². The quantitative estimate of drug-likeness (QED) is 0.688. The molecule has 0 saturated carbocycles. The van der Waals surface area contributed by atoms with Gasteiger partial charge in [-0.25, -0.2) is 0 Å². The van der Waals surface area contributed by atoms with E-state index in [1.54, 1.807) is 0 Å². The molecular formula is C20H22N2O6S. The van der Waals surface area contributed by atoms with Crippen LogP contribution in [0, 0.1) is 13.8 Å². The second-order valence-electron chi connectivity index (χ2n) is 6.84. The first kappa shape index (κ1) is 20.9. The zero-order valence-corrected chi connectivity index (χ0v) is 17.3. The number of ether oxygens (including phenoxy) is 1. The van der Waals surface area contributed by atoms with Gasteiger partial charge in [0, 0.05) is 24.0 Å². The number of imide groups is 1. The lowest BCUT2D eigenvalue weighted by Crippen LogP contribution is -2.41. The Hall–Kier alpha value is -2.81. The van der Waals surface area contributed by atoms with Crippen molar-refractivity contribution in [2.24, 2.45) is 0 Å². The zero-order chi connectivity index (χ0) is 21.1. The first-order valence-corrected chi connectivity index (χ1v) is 10.2. The monoisotopic (exact) mass is 418 g/mol. The number of esters is 1. The van der Waals surface area contributed by atoms with Gasteiger partial charge in [0.05, 0.1) is 18.4 Å². The molecule has 1 aliphatic heterocycles. The number of carbonyl (C=O) groups excluding carboxylic acids is 4. The molecule has 2 heterocycles. The third kappa shape index (κ3) is 4.61. The highest BCUT2D eigenvalue weighted by atomic mass is 32.2. The third-order valence-corrected chi connectivity index (χ3v) is 5.69. The first-order valence-electron chi connectivity index (χ1n) is 9.18. The van der Waals surface area contributed by atoms with Crippen LogP contribution in [0.25, 0.3) is 11.0 Å². The Labute approximate surface area is 171 Å². The number of rotatable bonds is 7. The first-order chi connectivity index (χ1) is 13.8. The number of carbonyl (C=O) groups is 4. The summed E-state index contributed by atoms with van der Waals surface area (Å²) in [6, 6.07) is 3.87. The molecule has 154 valence electrons. The number of nitrogens with one attached hydrogen (secondary N) is 1. The van der Waals surface area contributed by atoms with Gasteiger partial charge < -0.3 is 14.5 Å². The molecule has 2 aromatic rings. The molecular weight excluding hydrogens is 396 g/mol. The van der Waals surface area contributed by atoms with E-state index in [0.717, 1.165) is 38.8 Å². The molecule has 3 rings (SSSR count). The number of fused-ring (bicyclic) bond motifs is 1. The number of aryl methyl sites for hydroxylation is 2. The Morgan fingerprint density at radius 1 is 1.31 bits per heavy atom. The van der Waals surface area contributed by atoms with Gasteiger partial charge in [0.25, 0.3) is 11.1 Å². The molecule has 8 nitrogen and oxygen atoms in total. The summed E-state index contributed by atoms with van der Waals surface area (Å²) in [6.07, 6.45) is 0.524. The van der Waals surface area contributed by atoms with Crippen molar-refractivity contribution < 1.29 is 28.3 Å². The smallest absolute Gasteiger partial charge is 0.311 e. The molecule has 0 spiro atoms. The molecule has 1 aliphatic rings. The number of hydrogen-bond acceptors (Lipinski definition) is 7. The lowest BCUT2D eigenvalue weighted by atomic mass is 10.0. The maximum Gasteiger partial charge on any atom is 0.311 e. The maximum atomic E-state index is 12.2. The van der Waals surface area contributed by atoms with Crippen molar-refractivity contribution in [2.75, 3.05) is 18.8 Å². The van der Waals surface area contributed by atoms with Crippen LogP contribution in [0.15, 0.2) is 22.8 Å². The number of furan rings is 1. The van der Waals surface area contributed by atoms with Gasteiger partial charge in [-0.15, -0.1) is 0 Å². The van der Waals surface area contributed by atoms with Gasteiger partial charge in [0.15, 0.2) is 6.10 Å². The topological polar surface area (TPSA) is 106 Å². The van der Waals surface area contributed by atoms with E-state index in [9.17, 15) is 19.2 Å². The maximum absolute atomic E-state index is 12.2. The highest BCUT2D eigenvalue weighted by molar-refractivity contribution is 8.14. The van der Waals surface area contributed by atoms with Crippen LogP contribution < -0.4 is 5.32 Å². The minimum absolute atomic E-state index is 0.0128. The molecule has 1 aromatic carbocycles. The molecule has 0 aliphatic carbocycles. The molecule has 0 unspecified atom stereocenters. The Bertz CT molecular complexity index is 967. The minimum Gasteiger partial charge on any atom is -0.464 e. The molecule has 1 aromatic heterocycles. The van der Waals surface area contributed by atoms with Crippen molar-refractivity contribution in [2.45, 2.75) is 33.3 Å². The number of nitrogens with zero attached hydrogens (tertiary/aromatic N) is 1. The van der Waals surface area contributed by atoms with Gasteiger partial charge >= 0.3 is 5.97 Å². The van der Waals surface area contributed by atoms with Crippen LogP contribution in [-0.4, -0.2) is 52.9 Å². The summed E-state index contributed by atoms with van der Waals surface area (Å²) in [5, 5.41) is 3.10. The molecule has 1 fully saturated rings. The Kier molecular flexibility index (Phi) is 6.26. The van der Waals surface area contributed by atoms with Crippen LogP contribution in [-0.2, 0) is 25.5 Å². The van der Waals surface area contributed by atoms with Crippen LogP contribution in [0.4, 0.5) is 4.79 Å². The van der Waals surface area contributed by atoms with Gasteiger partial charge in [-0.3, -0.25) is 24.1 Å². The standard InChI is InChI=1S/C20H22N2O6S/c1-11-4-5-15-14(9-27-18(15)12(11)2)8-17(24)28-13(3)19(25)21-6-7-22-16(23)10-29-20(22)26/h4-5,9,13H,6-8,10H2,1-3H3,(H,21,25)/t13-/m0/s1. The van der Waals surface area contributed by atoms with Crippen LogP contribution in [0.3, 0.4) is 0 Å². The SMILES string of the molecule is Cc1ccc2c(CC(=O)O[C@@H](C)C(=O)NCCN3C(=O)CSC3=O)coc2c1C. The molecule has 0 radical (unpaired) electrons. The Morgan fingerprint density at radius 3 is 2.76 bits per heavy atom. The largest absolute Gasteiger partial charge is 0.464 e. The molecule has 1 N–H and O–H groups in total. The van der Waals surface area contributed by atoms with Gasteiger partial charge in [-0.2, -0.15) is 0 Å². The summed E-state index contributed by atoms with van der Waals surface area (Å²) in [7, 11) is 0. The zero-order valence-electron chi connectivity index (χ0n) is 16.4. The molecule has 1 atom stereocenters. The molecule has 3 amide bonds. The number of hydrogen-bond donors (Lipinski definition) is 1. The van der Waals surface area contributed by atoms with E-state index < -0.39 is 18.0 Å². The third-order valence-electron chi connectivity index (χ3n) is 4.83. The Balaban J connectivity index is 1.50. The highest BCUT2D eigenvalue weighted by Crippen LogP contribution is 2.27. The lowest BCUT2D eigenvalue weighted by Gasteiger charge is -2.16. The number of amides is 3. The molecule has 1 saturated heterocycles. The van der Waals surface area contributed by atoms with Crippen molar-refractivity contribution in [3.63, 3.8) is 0 Å². The van der Waals surface area contributed by atoms with Gasteiger partial charge in [-0.1, -0.05) is 23.9 Å². The van der Waals surface area contributed by atoms with Gasteiger partial charge in [0.1, 0.15) is 5.58 Å². The minimum atomic E-state index is -0.996. The molecule has 9 heteroatoms. The summed E-state index contributed by atoms with van der Waals surface area (Å²) >= 11 is 0.939. The fourth-order valence-electron chi connectivity index (χ4n) is 3.00. The van der Waals surface area contributed by atoms with E-state index in [0.29, 0.717) is 5.56 Å². The van der Waals surface area contributed by atoms with E-state index in [4.69, 9.17) is 9.15 Å². The van der Waals surface area contributed by atoms with Crippen LogP contribution in [0.1, 0.15) is 23.6 Å². The fourth-order valence-corrected chi connectivity index (χ4v) is 3.76. The van der Waals surface area contributed by atoms with Crippen molar-refractivity contribution >= 4 is 45.8 Å². The average molecular weight is 418 g/mol. The second kappa shape index (κ2) is 8.69. The van der Waals surface area contributed by atoms with Gasteiger partial charge in [0.2, 0.25) is 5.91 Å². The van der Waals surface area contributed by atoms with Crippen LogP contribution >= 0.6 is 11.8 Å². The summed E-state index contributed by atoms with van der Waals surface area (Å²) in [5.74, 6) is -1.18. The van der Waals surface area contributed by atoms with E-state index in [2.05, 4.69) is 5.32 Å². The molecule has 29 heavy (non-hydrogen) atoms. The highest BCUT2D eigenvalue weighted by Gasteiger charge is 2.29. The van der Waals surface area contributed by atoms with E-state index in [-0.39, 0.29) is 36.4 Å². The Morgan fingerprint density at radius 2 is 2.07 bits per heavy atom. The lowest BCUT2D eigenvalue weighted by molar-refractivity contribution is -0.154. The normalized spacial score (nSPS) is 15.1. The fraction of sp³-hybridized carbons (Fsp3) is 0.400. The van der Waals surface area contributed by atoms with Crippen molar-refractivity contribution in [1.29, 1.82) is 0 Å². The molecule has 0 bridgehead atoms.